The molecule has 0 radical (unpaired) electrons. The number of aryl methyl sites for hydroxylation is 1. The Hall–Kier alpha value is -1.13. The first-order valence-corrected chi connectivity index (χ1v) is 7.18. The van der Waals surface area contributed by atoms with Crippen molar-refractivity contribution in [2.24, 2.45) is 0 Å². The Balaban J connectivity index is 2.11. The van der Waals surface area contributed by atoms with Crippen LogP contribution in [0, 0.1) is 6.92 Å². The third kappa shape index (κ3) is 3.21. The maximum atomic E-state index is 6.11. The van der Waals surface area contributed by atoms with Crippen LogP contribution in [-0.4, -0.2) is 9.97 Å². The summed E-state index contributed by atoms with van der Waals surface area (Å²) in [5.74, 6) is 0.850. The minimum Gasteiger partial charge on any atom is -0.365 e. The number of thiophene rings is 1. The number of hydrogen-bond donors (Lipinski definition) is 1. The molecule has 0 aromatic carbocycles. The van der Waals surface area contributed by atoms with Gasteiger partial charge in [-0.05, 0) is 25.5 Å². The second-order valence-corrected chi connectivity index (χ2v) is 5.84. The molecule has 5 heteroatoms. The highest BCUT2D eigenvalue weighted by atomic mass is 35.5. The minimum atomic E-state index is 0.553. The van der Waals surface area contributed by atoms with Crippen LogP contribution in [0.1, 0.15) is 28.7 Å². The van der Waals surface area contributed by atoms with Crippen molar-refractivity contribution in [3.63, 3.8) is 0 Å². The average molecular weight is 282 g/mol. The molecule has 0 atom stereocenters. The predicted molar refractivity (Wildman–Crippen MR) is 77.4 cm³/mol. The summed E-state index contributed by atoms with van der Waals surface area (Å²) in [4.78, 5) is 10.9. The van der Waals surface area contributed by atoms with E-state index in [-0.39, 0.29) is 0 Å². The molecule has 2 rings (SSSR count). The van der Waals surface area contributed by atoms with Gasteiger partial charge in [0.05, 0.1) is 6.54 Å². The van der Waals surface area contributed by atoms with Crippen molar-refractivity contribution < 1.29 is 0 Å². The largest absolute Gasteiger partial charge is 0.365 e. The fourth-order valence-electron chi connectivity index (χ4n) is 1.77. The highest BCUT2D eigenvalue weighted by Gasteiger charge is 2.09. The van der Waals surface area contributed by atoms with Crippen molar-refractivity contribution in [3.8, 4) is 0 Å². The van der Waals surface area contributed by atoms with Crippen LogP contribution in [0.4, 0.5) is 5.82 Å². The molecule has 0 saturated carbocycles. The van der Waals surface area contributed by atoms with Gasteiger partial charge in [-0.15, -0.1) is 11.3 Å². The summed E-state index contributed by atoms with van der Waals surface area (Å²) in [6, 6.07) is 4.26. The highest BCUT2D eigenvalue weighted by Crippen LogP contribution is 2.23. The zero-order valence-electron chi connectivity index (χ0n) is 10.5. The summed E-state index contributed by atoms with van der Waals surface area (Å²) in [5.41, 5.74) is 1.01. The van der Waals surface area contributed by atoms with E-state index in [1.165, 1.54) is 16.1 Å². The monoisotopic (exact) mass is 281 g/mol. The lowest BCUT2D eigenvalue weighted by Crippen LogP contribution is -2.05. The normalized spacial score (nSPS) is 10.6. The third-order valence-corrected chi connectivity index (χ3v) is 3.95. The first-order valence-electron chi connectivity index (χ1n) is 5.99. The molecule has 0 fully saturated rings. The van der Waals surface area contributed by atoms with Crippen molar-refractivity contribution in [1.29, 1.82) is 0 Å². The van der Waals surface area contributed by atoms with Crippen molar-refractivity contribution >= 4 is 28.8 Å². The number of rotatable bonds is 5. The fourth-order valence-corrected chi connectivity index (χ4v) is 2.82. The van der Waals surface area contributed by atoms with E-state index >= 15 is 0 Å². The van der Waals surface area contributed by atoms with Gasteiger partial charge in [0.2, 0.25) is 0 Å². The molecule has 3 nitrogen and oxygen atoms in total. The lowest BCUT2D eigenvalue weighted by Gasteiger charge is -2.10. The zero-order valence-corrected chi connectivity index (χ0v) is 12.1. The molecular weight excluding hydrogens is 266 g/mol. The Morgan fingerprint density at radius 1 is 1.33 bits per heavy atom. The summed E-state index contributed by atoms with van der Waals surface area (Å²) in [7, 11) is 0. The number of halogens is 1. The molecule has 18 heavy (non-hydrogen) atoms. The zero-order chi connectivity index (χ0) is 13.0. The van der Waals surface area contributed by atoms with Gasteiger partial charge in [0, 0.05) is 15.3 Å². The summed E-state index contributed by atoms with van der Waals surface area (Å²) in [6.45, 7) is 5.01. The van der Waals surface area contributed by atoms with Gasteiger partial charge < -0.3 is 5.32 Å². The lowest BCUT2D eigenvalue weighted by atomic mass is 10.2. The second-order valence-electron chi connectivity index (χ2n) is 4.11. The van der Waals surface area contributed by atoms with Crippen LogP contribution in [0.3, 0.4) is 0 Å². The second kappa shape index (κ2) is 6.16. The van der Waals surface area contributed by atoms with E-state index < -0.39 is 0 Å². The molecule has 0 aliphatic rings. The maximum Gasteiger partial charge on any atom is 0.137 e. The van der Waals surface area contributed by atoms with E-state index in [1.54, 1.807) is 11.3 Å². The third-order valence-electron chi connectivity index (χ3n) is 2.62. The summed E-state index contributed by atoms with van der Waals surface area (Å²) in [5, 5.41) is 3.90. The smallest absolute Gasteiger partial charge is 0.137 e. The number of nitrogens with one attached hydrogen (secondary N) is 1. The summed E-state index contributed by atoms with van der Waals surface area (Å²) < 4.78 is 0. The topological polar surface area (TPSA) is 37.8 Å². The van der Waals surface area contributed by atoms with Crippen molar-refractivity contribution in [3.05, 3.63) is 38.9 Å². The van der Waals surface area contributed by atoms with Gasteiger partial charge in [-0.25, -0.2) is 9.97 Å². The van der Waals surface area contributed by atoms with Gasteiger partial charge >= 0.3 is 0 Å². The number of aromatic nitrogens is 2. The van der Waals surface area contributed by atoms with Crippen molar-refractivity contribution in [2.75, 3.05) is 5.32 Å². The summed E-state index contributed by atoms with van der Waals surface area (Å²) >= 11 is 7.90. The van der Waals surface area contributed by atoms with E-state index in [9.17, 15) is 0 Å². The van der Waals surface area contributed by atoms with Gasteiger partial charge in [0.15, 0.2) is 0 Å². The van der Waals surface area contributed by atoms with Crippen LogP contribution >= 0.6 is 22.9 Å². The lowest BCUT2D eigenvalue weighted by molar-refractivity contribution is 0.898. The predicted octanol–water partition coefficient (Wildman–Crippen LogP) is 4.06. The number of nitrogens with zero attached hydrogens (tertiary/aromatic N) is 2. The molecule has 0 bridgehead atoms. The minimum absolute atomic E-state index is 0.553. The standard InChI is InChI=1S/C13H16ClN3S/c1-3-4-11-12(14)16-8-17-13(11)15-7-10-6-5-9(2)18-10/h5-6,8H,3-4,7H2,1-2H3,(H,15,16,17). The van der Waals surface area contributed by atoms with Crippen molar-refractivity contribution in [1.82, 2.24) is 9.97 Å². The van der Waals surface area contributed by atoms with Crippen LogP contribution in [0.25, 0.3) is 0 Å². The van der Waals surface area contributed by atoms with Gasteiger partial charge in [-0.2, -0.15) is 0 Å². The Kier molecular flexibility index (Phi) is 4.55. The van der Waals surface area contributed by atoms with E-state index in [1.807, 2.05) is 0 Å². The van der Waals surface area contributed by atoms with E-state index in [0.717, 1.165) is 30.8 Å². The Morgan fingerprint density at radius 3 is 2.83 bits per heavy atom. The molecule has 1 N–H and O–H groups in total. The SMILES string of the molecule is CCCc1c(Cl)ncnc1NCc1ccc(C)s1. The molecule has 96 valence electrons. The average Bonchev–Trinajstić information content (AvgIpc) is 2.76. The van der Waals surface area contributed by atoms with Crippen LogP contribution in [0.5, 0.6) is 0 Å². The van der Waals surface area contributed by atoms with Crippen LogP contribution in [0.2, 0.25) is 5.15 Å². The van der Waals surface area contributed by atoms with Crippen LogP contribution in [0.15, 0.2) is 18.5 Å². The van der Waals surface area contributed by atoms with Gasteiger partial charge in [0.25, 0.3) is 0 Å². The molecule has 0 spiro atoms. The van der Waals surface area contributed by atoms with E-state index in [2.05, 4.69) is 41.3 Å². The first kappa shape index (κ1) is 13.3. The Morgan fingerprint density at radius 2 is 2.17 bits per heavy atom. The molecule has 0 aliphatic heterocycles. The molecule has 2 aromatic rings. The van der Waals surface area contributed by atoms with Gasteiger partial charge in [-0.1, -0.05) is 24.9 Å². The van der Waals surface area contributed by atoms with E-state index in [0.29, 0.717) is 5.15 Å². The molecule has 0 amide bonds. The quantitative estimate of drug-likeness (QED) is 0.840. The fraction of sp³-hybridized carbons (Fsp3) is 0.385. The summed E-state index contributed by atoms with van der Waals surface area (Å²) in [6.07, 6.45) is 3.43. The van der Waals surface area contributed by atoms with Crippen molar-refractivity contribution in [2.45, 2.75) is 33.2 Å². The molecule has 0 saturated heterocycles. The first-order chi connectivity index (χ1) is 8.70. The Labute approximate surface area is 116 Å². The molecule has 2 heterocycles. The molecule has 2 aromatic heterocycles. The number of anilines is 1. The number of hydrogen-bond acceptors (Lipinski definition) is 4. The van der Waals surface area contributed by atoms with Crippen LogP contribution < -0.4 is 5.32 Å². The molecule has 0 aliphatic carbocycles. The van der Waals surface area contributed by atoms with E-state index in [4.69, 9.17) is 11.6 Å². The molecular formula is C13H16ClN3S. The molecule has 0 unspecified atom stereocenters. The maximum absolute atomic E-state index is 6.11. The van der Waals surface area contributed by atoms with Crippen LogP contribution in [-0.2, 0) is 13.0 Å². The van der Waals surface area contributed by atoms with Gasteiger partial charge in [-0.3, -0.25) is 0 Å². The Bertz CT molecular complexity index is 525. The van der Waals surface area contributed by atoms with Gasteiger partial charge in [0.1, 0.15) is 17.3 Å². The highest BCUT2D eigenvalue weighted by molar-refractivity contribution is 7.11.